The minimum absolute atomic E-state index is 0.238. The maximum Gasteiger partial charge on any atom is 0.336 e. The number of aromatic nitrogens is 4. The van der Waals surface area contributed by atoms with Crippen molar-refractivity contribution in [3.63, 3.8) is 0 Å². The number of urea groups is 1. The molecular weight excluding hydrogens is 516 g/mol. The van der Waals surface area contributed by atoms with Gasteiger partial charge in [-0.3, -0.25) is 4.90 Å². The van der Waals surface area contributed by atoms with Gasteiger partial charge in [0.15, 0.2) is 5.82 Å². The molecule has 2 amide bonds. The first-order valence-electron chi connectivity index (χ1n) is 13.9. The highest BCUT2D eigenvalue weighted by Gasteiger charge is 2.36. The number of anilines is 5. The number of hydrogen-bond acceptors (Lipinski definition) is 8. The lowest BCUT2D eigenvalue weighted by molar-refractivity contribution is 0.252. The van der Waals surface area contributed by atoms with Crippen molar-refractivity contribution in [2.75, 3.05) is 42.4 Å². The Hall–Kier alpha value is -4.57. The summed E-state index contributed by atoms with van der Waals surface area (Å²) in [5, 5.41) is 3.22. The van der Waals surface area contributed by atoms with Crippen LogP contribution in [0.1, 0.15) is 41.0 Å². The normalized spacial score (nSPS) is 16.0. The standard InChI is InChI=1S/C31H34N8O2/c1-20-6-5-7-21(2)28(20)38-19-24-17-34-30(35-26-10-8-23(16-32-26)22-12-14-37(3)15-13-22)36-29(24)39(31(38)40)27-11-9-25(41-4)18-33-27/h5-11,16-18,22H,12-15,19H2,1-4H3,(H,32,34,35,36). The lowest BCUT2D eigenvalue weighted by Gasteiger charge is -2.36. The lowest BCUT2D eigenvalue weighted by Crippen LogP contribution is -2.46. The van der Waals surface area contributed by atoms with Crippen LogP contribution in [0.3, 0.4) is 0 Å². The van der Waals surface area contributed by atoms with E-state index in [1.807, 2.05) is 44.3 Å². The number of rotatable bonds is 6. The second-order valence-electron chi connectivity index (χ2n) is 10.7. The fourth-order valence-corrected chi connectivity index (χ4v) is 5.63. The summed E-state index contributed by atoms with van der Waals surface area (Å²) in [5.74, 6) is 3.06. The molecule has 2 aliphatic rings. The molecule has 0 spiro atoms. The number of nitrogens with one attached hydrogen (secondary N) is 1. The Kier molecular flexibility index (Phi) is 7.23. The van der Waals surface area contributed by atoms with Gasteiger partial charge in [0.25, 0.3) is 0 Å². The van der Waals surface area contributed by atoms with Crippen molar-refractivity contribution in [3.8, 4) is 5.75 Å². The monoisotopic (exact) mass is 550 g/mol. The number of hydrogen-bond donors (Lipinski definition) is 1. The summed E-state index contributed by atoms with van der Waals surface area (Å²) in [6.07, 6.45) is 7.58. The van der Waals surface area contributed by atoms with E-state index in [1.54, 1.807) is 36.5 Å². The Labute approximate surface area is 240 Å². The largest absolute Gasteiger partial charge is 0.495 e. The maximum absolute atomic E-state index is 14.1. The van der Waals surface area contributed by atoms with Crippen molar-refractivity contribution >= 4 is 35.1 Å². The quantitative estimate of drug-likeness (QED) is 0.325. The molecule has 1 N–H and O–H groups in total. The molecule has 0 bridgehead atoms. The van der Waals surface area contributed by atoms with E-state index >= 15 is 0 Å². The van der Waals surface area contributed by atoms with E-state index in [0.717, 1.165) is 48.3 Å². The van der Waals surface area contributed by atoms with Crippen molar-refractivity contribution in [1.29, 1.82) is 0 Å². The fraction of sp³-hybridized carbons (Fsp3) is 0.323. The number of pyridine rings is 2. The summed E-state index contributed by atoms with van der Waals surface area (Å²) in [6, 6.07) is 13.4. The van der Waals surface area contributed by atoms with Crippen LogP contribution < -0.4 is 19.9 Å². The highest BCUT2D eigenvalue weighted by Crippen LogP contribution is 2.38. The van der Waals surface area contributed by atoms with E-state index in [2.05, 4.69) is 38.3 Å². The number of para-hydroxylation sites is 1. The molecule has 5 heterocycles. The fourth-order valence-electron chi connectivity index (χ4n) is 5.63. The van der Waals surface area contributed by atoms with Crippen LogP contribution >= 0.6 is 0 Å². The van der Waals surface area contributed by atoms with Crippen molar-refractivity contribution in [3.05, 3.63) is 83.3 Å². The molecule has 2 aliphatic heterocycles. The highest BCUT2D eigenvalue weighted by molar-refractivity contribution is 6.10. The van der Waals surface area contributed by atoms with Gasteiger partial charge in [0.1, 0.15) is 17.4 Å². The number of carbonyl (C=O) groups excluding carboxylic acids is 1. The van der Waals surface area contributed by atoms with Gasteiger partial charge in [-0.15, -0.1) is 0 Å². The SMILES string of the molecule is COc1ccc(N2C(=O)N(c3c(C)cccc3C)Cc3cnc(Nc4ccc(C5CCN(C)CC5)cn4)nc32)nc1. The first-order valence-corrected chi connectivity index (χ1v) is 13.9. The molecule has 0 atom stereocenters. The van der Waals surface area contributed by atoms with E-state index in [-0.39, 0.29) is 6.03 Å². The Bertz CT molecular complexity index is 1530. The number of likely N-dealkylation sites (tertiary alicyclic amines) is 1. The topological polar surface area (TPSA) is 99.6 Å². The summed E-state index contributed by atoms with van der Waals surface area (Å²) >= 11 is 0. The molecule has 1 fully saturated rings. The Morgan fingerprint density at radius 1 is 0.927 bits per heavy atom. The Morgan fingerprint density at radius 3 is 2.37 bits per heavy atom. The molecule has 0 radical (unpaired) electrons. The van der Waals surface area contributed by atoms with Gasteiger partial charge in [0.2, 0.25) is 5.95 Å². The summed E-state index contributed by atoms with van der Waals surface area (Å²) in [4.78, 5) is 38.3. The van der Waals surface area contributed by atoms with Crippen LogP contribution in [0.15, 0.2) is 61.1 Å². The third kappa shape index (κ3) is 5.30. The maximum atomic E-state index is 14.1. The van der Waals surface area contributed by atoms with E-state index in [1.165, 1.54) is 10.5 Å². The zero-order valence-electron chi connectivity index (χ0n) is 23.8. The predicted octanol–water partition coefficient (Wildman–Crippen LogP) is 5.72. The zero-order valence-corrected chi connectivity index (χ0v) is 23.8. The molecule has 6 rings (SSSR count). The molecular formula is C31H34N8O2. The third-order valence-corrected chi connectivity index (χ3v) is 7.92. The number of ether oxygens (including phenoxy) is 1. The van der Waals surface area contributed by atoms with Gasteiger partial charge < -0.3 is 15.0 Å². The van der Waals surface area contributed by atoms with Gasteiger partial charge in [-0.25, -0.2) is 24.6 Å². The first kappa shape index (κ1) is 26.6. The molecule has 10 nitrogen and oxygen atoms in total. The van der Waals surface area contributed by atoms with Crippen molar-refractivity contribution in [1.82, 2.24) is 24.8 Å². The summed E-state index contributed by atoms with van der Waals surface area (Å²) in [6.45, 7) is 6.57. The minimum Gasteiger partial charge on any atom is -0.495 e. The second kappa shape index (κ2) is 11.1. The first-order chi connectivity index (χ1) is 19.9. The van der Waals surface area contributed by atoms with Gasteiger partial charge in [-0.05, 0) is 87.6 Å². The molecule has 0 aliphatic carbocycles. The van der Waals surface area contributed by atoms with Crippen molar-refractivity contribution in [2.45, 2.75) is 39.2 Å². The van der Waals surface area contributed by atoms with Crippen LogP contribution in [0.5, 0.6) is 5.75 Å². The number of nitrogens with zero attached hydrogens (tertiary/aromatic N) is 7. The summed E-state index contributed by atoms with van der Waals surface area (Å²) in [7, 11) is 3.75. The van der Waals surface area contributed by atoms with Crippen molar-refractivity contribution in [2.24, 2.45) is 0 Å². The van der Waals surface area contributed by atoms with Crippen LogP contribution in [0, 0.1) is 13.8 Å². The number of aryl methyl sites for hydroxylation is 2. The van der Waals surface area contributed by atoms with Gasteiger partial charge in [-0.1, -0.05) is 24.3 Å². The smallest absolute Gasteiger partial charge is 0.336 e. The van der Waals surface area contributed by atoms with E-state index in [9.17, 15) is 4.79 Å². The molecule has 41 heavy (non-hydrogen) atoms. The molecule has 1 saturated heterocycles. The van der Waals surface area contributed by atoms with Crippen LogP contribution in [-0.4, -0.2) is 58.1 Å². The van der Waals surface area contributed by atoms with Crippen molar-refractivity contribution < 1.29 is 9.53 Å². The summed E-state index contributed by atoms with van der Waals surface area (Å²) in [5.41, 5.74) is 4.96. The molecule has 1 aromatic carbocycles. The highest BCUT2D eigenvalue weighted by atomic mass is 16.5. The van der Waals surface area contributed by atoms with Gasteiger partial charge in [-0.2, -0.15) is 4.98 Å². The molecule has 0 saturated carbocycles. The second-order valence-corrected chi connectivity index (χ2v) is 10.7. The number of benzene rings is 1. The van der Waals surface area contributed by atoms with E-state index in [4.69, 9.17) is 9.72 Å². The lowest BCUT2D eigenvalue weighted by atomic mass is 9.91. The van der Waals surface area contributed by atoms with E-state index in [0.29, 0.717) is 41.6 Å². The molecule has 3 aromatic heterocycles. The van der Waals surface area contributed by atoms with Crippen LogP contribution in [0.2, 0.25) is 0 Å². The Morgan fingerprint density at radius 2 is 1.71 bits per heavy atom. The van der Waals surface area contributed by atoms with Crippen LogP contribution in [0.25, 0.3) is 0 Å². The molecule has 10 heteroatoms. The average molecular weight is 551 g/mol. The zero-order chi connectivity index (χ0) is 28.5. The van der Waals surface area contributed by atoms with Gasteiger partial charge in [0, 0.05) is 18.0 Å². The number of fused-ring (bicyclic) bond motifs is 1. The van der Waals surface area contributed by atoms with Crippen LogP contribution in [0.4, 0.5) is 33.9 Å². The number of carbonyl (C=O) groups is 1. The summed E-state index contributed by atoms with van der Waals surface area (Å²) < 4.78 is 5.29. The van der Waals surface area contributed by atoms with Crippen LogP contribution in [-0.2, 0) is 6.54 Å². The molecule has 210 valence electrons. The molecule has 4 aromatic rings. The number of piperidine rings is 1. The Balaban J connectivity index is 1.32. The predicted molar refractivity (Wildman–Crippen MR) is 159 cm³/mol. The molecule has 0 unspecified atom stereocenters. The average Bonchev–Trinajstić information content (AvgIpc) is 2.98. The van der Waals surface area contributed by atoms with Gasteiger partial charge in [0.05, 0.1) is 25.5 Å². The number of amides is 2. The van der Waals surface area contributed by atoms with Gasteiger partial charge >= 0.3 is 6.03 Å². The number of methoxy groups -OCH3 is 1. The minimum atomic E-state index is -0.238. The van der Waals surface area contributed by atoms with E-state index < -0.39 is 0 Å². The third-order valence-electron chi connectivity index (χ3n) is 7.92.